The summed E-state index contributed by atoms with van der Waals surface area (Å²) in [5.74, 6) is 0.203. The second-order valence-electron chi connectivity index (χ2n) is 8.51. The highest BCUT2D eigenvalue weighted by atomic mass is 32.1. The third kappa shape index (κ3) is 3.26. The fourth-order valence-corrected chi connectivity index (χ4v) is 6.11. The Kier molecular flexibility index (Phi) is 4.67. The summed E-state index contributed by atoms with van der Waals surface area (Å²) in [6.07, 6.45) is 1.71. The number of aliphatic hydroxyl groups is 2. The fourth-order valence-electron chi connectivity index (χ4n) is 4.78. The van der Waals surface area contributed by atoms with E-state index in [0.717, 1.165) is 24.0 Å². The van der Waals surface area contributed by atoms with Gasteiger partial charge in [0.2, 0.25) is 0 Å². The van der Waals surface area contributed by atoms with Crippen molar-refractivity contribution >= 4 is 21.4 Å². The summed E-state index contributed by atoms with van der Waals surface area (Å²) in [7, 11) is 0. The van der Waals surface area contributed by atoms with E-state index in [9.17, 15) is 15.3 Å². The van der Waals surface area contributed by atoms with Crippen LogP contribution in [0.5, 0.6) is 5.75 Å². The number of thiophene rings is 1. The summed E-state index contributed by atoms with van der Waals surface area (Å²) in [5.41, 5.74) is 3.03. The van der Waals surface area contributed by atoms with Crippen molar-refractivity contribution < 1.29 is 20.1 Å². The van der Waals surface area contributed by atoms with Crippen molar-refractivity contribution in [3.05, 3.63) is 64.0 Å². The minimum atomic E-state index is -0.535. The Bertz CT molecular complexity index is 1020. The number of benzene rings is 2. The van der Waals surface area contributed by atoms with Crippen molar-refractivity contribution in [1.29, 1.82) is 0 Å². The van der Waals surface area contributed by atoms with Crippen molar-refractivity contribution in [1.82, 2.24) is 0 Å². The minimum Gasteiger partial charge on any atom is -0.508 e. The average molecular weight is 411 g/mol. The predicted molar refractivity (Wildman–Crippen MR) is 115 cm³/mol. The van der Waals surface area contributed by atoms with Gasteiger partial charge < -0.3 is 20.1 Å². The Hall–Kier alpha value is -1.92. The van der Waals surface area contributed by atoms with Gasteiger partial charge in [-0.3, -0.25) is 0 Å². The van der Waals surface area contributed by atoms with Crippen LogP contribution in [0.2, 0.25) is 0 Å². The first-order valence-electron chi connectivity index (χ1n) is 10.3. The molecule has 5 heteroatoms. The fraction of sp³-hybridized carbons (Fsp3) is 0.417. The molecular formula is C24H26O4S. The van der Waals surface area contributed by atoms with E-state index in [1.54, 1.807) is 0 Å². The summed E-state index contributed by atoms with van der Waals surface area (Å²) in [4.78, 5) is 1.37. The summed E-state index contributed by atoms with van der Waals surface area (Å²) in [5, 5.41) is 31.7. The molecule has 2 aliphatic rings. The predicted octanol–water partition coefficient (Wildman–Crippen LogP) is 4.57. The molecule has 4 nitrogen and oxygen atoms in total. The number of hydrogen-bond donors (Lipinski definition) is 3. The number of hydrogen-bond acceptors (Lipinski definition) is 5. The molecule has 1 aliphatic heterocycles. The van der Waals surface area contributed by atoms with Crippen LogP contribution in [0.25, 0.3) is 10.1 Å². The third-order valence-electron chi connectivity index (χ3n) is 6.46. The molecule has 3 aromatic rings. The minimum absolute atomic E-state index is 0.000116. The van der Waals surface area contributed by atoms with Gasteiger partial charge in [-0.25, -0.2) is 0 Å². The second kappa shape index (κ2) is 7.10. The Balaban J connectivity index is 1.56. The molecule has 0 spiro atoms. The van der Waals surface area contributed by atoms with Crippen LogP contribution < -0.4 is 0 Å². The molecule has 1 aromatic heterocycles. The largest absolute Gasteiger partial charge is 0.508 e. The van der Waals surface area contributed by atoms with E-state index in [0.29, 0.717) is 12.8 Å². The number of aryl methyl sites for hydroxylation is 1. The monoisotopic (exact) mass is 410 g/mol. The maximum absolute atomic E-state index is 10.7. The maximum Gasteiger partial charge on any atom is 0.121 e. The molecule has 0 amide bonds. The summed E-state index contributed by atoms with van der Waals surface area (Å²) >= 11 is 1.85. The summed E-state index contributed by atoms with van der Waals surface area (Å²) in [6.45, 7) is 1.93. The van der Waals surface area contributed by atoms with Crippen LogP contribution in [0.1, 0.15) is 53.4 Å². The van der Waals surface area contributed by atoms with E-state index in [1.165, 1.54) is 20.5 Å². The first-order chi connectivity index (χ1) is 14.0. The molecule has 1 saturated heterocycles. The van der Waals surface area contributed by atoms with Crippen LogP contribution in [-0.4, -0.2) is 34.1 Å². The van der Waals surface area contributed by atoms with Crippen LogP contribution in [0.15, 0.2) is 42.5 Å². The van der Waals surface area contributed by atoms with E-state index in [1.807, 2.05) is 17.4 Å². The highest BCUT2D eigenvalue weighted by molar-refractivity contribution is 7.19. The van der Waals surface area contributed by atoms with Crippen LogP contribution in [0.3, 0.4) is 0 Å². The zero-order valence-corrected chi connectivity index (χ0v) is 17.3. The molecular weight excluding hydrogens is 384 g/mol. The number of aliphatic hydroxyl groups excluding tert-OH is 2. The number of phenols is 1. The lowest BCUT2D eigenvalue weighted by atomic mass is 9.86. The lowest BCUT2D eigenvalue weighted by Crippen LogP contribution is -2.33. The zero-order valence-electron chi connectivity index (χ0n) is 16.5. The molecule has 5 rings (SSSR count). The standard InChI is InChI=1S/C24H26O4S/c1-14-8-20(27)18(21-11-16(26)10-17(13-25)28-21)12-19(14)24(6-7-24)23-9-15-4-2-3-5-22(15)29-23/h2-5,8-9,12,16-17,21,25-27H,6-7,10-11,13H2,1H3. The van der Waals surface area contributed by atoms with E-state index < -0.39 is 18.3 Å². The normalized spacial score (nSPS) is 26.0. The van der Waals surface area contributed by atoms with Gasteiger partial charge in [0.05, 0.1) is 24.9 Å². The lowest BCUT2D eigenvalue weighted by molar-refractivity contribution is -0.114. The van der Waals surface area contributed by atoms with Gasteiger partial charge in [0.25, 0.3) is 0 Å². The van der Waals surface area contributed by atoms with Crippen molar-refractivity contribution in [3.8, 4) is 5.75 Å². The molecule has 3 atom stereocenters. The van der Waals surface area contributed by atoms with Crippen LogP contribution >= 0.6 is 11.3 Å². The van der Waals surface area contributed by atoms with Crippen molar-refractivity contribution in [2.45, 2.75) is 56.3 Å². The van der Waals surface area contributed by atoms with Gasteiger partial charge in [0, 0.05) is 33.4 Å². The topological polar surface area (TPSA) is 69.9 Å². The summed E-state index contributed by atoms with van der Waals surface area (Å²) in [6, 6.07) is 14.7. The molecule has 3 N–H and O–H groups in total. The molecule has 29 heavy (non-hydrogen) atoms. The lowest BCUT2D eigenvalue weighted by Gasteiger charge is -2.33. The zero-order chi connectivity index (χ0) is 20.2. The van der Waals surface area contributed by atoms with Crippen molar-refractivity contribution in [3.63, 3.8) is 0 Å². The van der Waals surface area contributed by atoms with Gasteiger partial charge in [0.15, 0.2) is 0 Å². The van der Waals surface area contributed by atoms with E-state index in [4.69, 9.17) is 4.74 Å². The highest BCUT2D eigenvalue weighted by Crippen LogP contribution is 2.58. The molecule has 2 fully saturated rings. The Morgan fingerprint density at radius 3 is 2.66 bits per heavy atom. The molecule has 1 aliphatic carbocycles. The van der Waals surface area contributed by atoms with Gasteiger partial charge in [-0.05, 0) is 60.5 Å². The molecule has 2 heterocycles. The third-order valence-corrected chi connectivity index (χ3v) is 7.78. The summed E-state index contributed by atoms with van der Waals surface area (Å²) < 4.78 is 7.29. The van der Waals surface area contributed by atoms with E-state index >= 15 is 0 Å². The van der Waals surface area contributed by atoms with Gasteiger partial charge >= 0.3 is 0 Å². The molecule has 3 unspecified atom stereocenters. The van der Waals surface area contributed by atoms with Gasteiger partial charge in [-0.2, -0.15) is 0 Å². The van der Waals surface area contributed by atoms with Crippen molar-refractivity contribution in [2.24, 2.45) is 0 Å². The Morgan fingerprint density at radius 1 is 1.14 bits per heavy atom. The number of aromatic hydroxyl groups is 1. The first kappa shape index (κ1) is 19.1. The first-order valence-corrected chi connectivity index (χ1v) is 11.1. The maximum atomic E-state index is 10.7. The van der Waals surface area contributed by atoms with Crippen molar-refractivity contribution in [2.75, 3.05) is 6.61 Å². The number of rotatable bonds is 4. The number of phenolic OH excluding ortho intramolecular Hbond substituents is 1. The highest BCUT2D eigenvalue weighted by Gasteiger charge is 2.48. The second-order valence-corrected chi connectivity index (χ2v) is 9.59. The molecule has 2 aromatic carbocycles. The average Bonchev–Trinajstić information content (AvgIpc) is 3.38. The Labute approximate surface area is 174 Å². The number of ether oxygens (including phenoxy) is 1. The SMILES string of the molecule is Cc1cc(O)c(C2CC(O)CC(CO)O2)cc1C1(c2cc3ccccc3s2)CC1. The van der Waals surface area contributed by atoms with Crippen LogP contribution in [0.4, 0.5) is 0 Å². The Morgan fingerprint density at radius 2 is 1.93 bits per heavy atom. The molecule has 0 bridgehead atoms. The van der Waals surface area contributed by atoms with Gasteiger partial charge in [0.1, 0.15) is 5.75 Å². The van der Waals surface area contributed by atoms with E-state index in [2.05, 4.69) is 43.3 Å². The molecule has 1 saturated carbocycles. The van der Waals surface area contributed by atoms with Crippen LogP contribution in [-0.2, 0) is 10.2 Å². The van der Waals surface area contributed by atoms with E-state index in [-0.39, 0.29) is 17.8 Å². The van der Waals surface area contributed by atoms with Crippen LogP contribution in [0, 0.1) is 6.92 Å². The quantitative estimate of drug-likeness (QED) is 0.589. The smallest absolute Gasteiger partial charge is 0.121 e. The van der Waals surface area contributed by atoms with Gasteiger partial charge in [-0.15, -0.1) is 11.3 Å². The van der Waals surface area contributed by atoms with Gasteiger partial charge in [-0.1, -0.05) is 18.2 Å². The molecule has 0 radical (unpaired) electrons. The molecule has 152 valence electrons. The number of fused-ring (bicyclic) bond motifs is 1.